The summed E-state index contributed by atoms with van der Waals surface area (Å²) in [6.45, 7) is 2.79. The maximum atomic E-state index is 12.5. The molecular formula is C15H17N3O. The van der Waals surface area contributed by atoms with Crippen LogP contribution in [-0.2, 0) is 19.4 Å². The van der Waals surface area contributed by atoms with Gasteiger partial charge in [-0.15, -0.1) is 5.10 Å². The lowest BCUT2D eigenvalue weighted by Crippen LogP contribution is -2.11. The van der Waals surface area contributed by atoms with Crippen LogP contribution in [-0.4, -0.2) is 20.8 Å². The van der Waals surface area contributed by atoms with Gasteiger partial charge < -0.3 is 0 Å². The van der Waals surface area contributed by atoms with E-state index < -0.39 is 0 Å². The third kappa shape index (κ3) is 2.18. The molecule has 4 nitrogen and oxygen atoms in total. The first-order valence-electron chi connectivity index (χ1n) is 6.84. The van der Waals surface area contributed by atoms with Gasteiger partial charge in [-0.05, 0) is 42.9 Å². The van der Waals surface area contributed by atoms with Crippen molar-refractivity contribution in [3.05, 3.63) is 46.8 Å². The molecule has 0 N–H and O–H groups in total. The van der Waals surface area contributed by atoms with Crippen molar-refractivity contribution in [1.29, 1.82) is 0 Å². The van der Waals surface area contributed by atoms with Gasteiger partial charge in [-0.1, -0.05) is 24.3 Å². The third-order valence-electron chi connectivity index (χ3n) is 3.65. The summed E-state index contributed by atoms with van der Waals surface area (Å²) in [7, 11) is 0. The van der Waals surface area contributed by atoms with Crippen LogP contribution in [0, 0.1) is 0 Å². The highest BCUT2D eigenvalue weighted by Gasteiger charge is 2.18. The summed E-state index contributed by atoms with van der Waals surface area (Å²) in [6.07, 6.45) is 5.92. The highest BCUT2D eigenvalue weighted by molar-refractivity contribution is 6.07. The first-order chi connectivity index (χ1) is 9.29. The molecule has 1 aromatic carbocycles. The number of ketones is 1. The molecule has 1 heterocycles. The Morgan fingerprint density at radius 3 is 3.00 bits per heavy atom. The Morgan fingerprint density at radius 2 is 2.16 bits per heavy atom. The normalized spacial score (nSPS) is 13.5. The highest BCUT2D eigenvalue weighted by atomic mass is 16.1. The second-order valence-corrected chi connectivity index (χ2v) is 5.01. The first kappa shape index (κ1) is 12.1. The number of carbonyl (C=O) groups excluding carboxylic acids is 1. The lowest BCUT2D eigenvalue weighted by molar-refractivity contribution is 0.102. The number of hydrogen-bond donors (Lipinski definition) is 0. The van der Waals surface area contributed by atoms with Crippen molar-refractivity contribution in [3.8, 4) is 0 Å². The van der Waals surface area contributed by atoms with Crippen molar-refractivity contribution in [3.63, 3.8) is 0 Å². The highest BCUT2D eigenvalue weighted by Crippen LogP contribution is 2.23. The van der Waals surface area contributed by atoms with Crippen LogP contribution in [0.15, 0.2) is 24.4 Å². The fourth-order valence-electron chi connectivity index (χ4n) is 2.67. The molecule has 1 aromatic heterocycles. The van der Waals surface area contributed by atoms with E-state index in [0.717, 1.165) is 31.4 Å². The fraction of sp³-hybridized carbons (Fsp3) is 0.400. The van der Waals surface area contributed by atoms with Crippen molar-refractivity contribution < 1.29 is 4.79 Å². The Bertz CT molecular complexity index is 616. The van der Waals surface area contributed by atoms with Crippen molar-refractivity contribution in [2.24, 2.45) is 0 Å². The van der Waals surface area contributed by atoms with Crippen LogP contribution < -0.4 is 0 Å². The van der Waals surface area contributed by atoms with Gasteiger partial charge in [0.25, 0.3) is 0 Å². The number of rotatable bonds is 4. The van der Waals surface area contributed by atoms with Crippen LogP contribution in [0.5, 0.6) is 0 Å². The number of carbonyl (C=O) groups is 1. The van der Waals surface area contributed by atoms with E-state index in [-0.39, 0.29) is 5.78 Å². The molecule has 0 unspecified atom stereocenters. The summed E-state index contributed by atoms with van der Waals surface area (Å²) in [5, 5.41) is 7.82. The Balaban J connectivity index is 1.93. The molecule has 1 aliphatic carbocycles. The van der Waals surface area contributed by atoms with Gasteiger partial charge in [-0.3, -0.25) is 4.79 Å². The Labute approximate surface area is 112 Å². The summed E-state index contributed by atoms with van der Waals surface area (Å²) >= 11 is 0. The van der Waals surface area contributed by atoms with E-state index in [4.69, 9.17) is 0 Å². The van der Waals surface area contributed by atoms with Crippen molar-refractivity contribution in [2.45, 2.75) is 39.2 Å². The molecule has 0 bridgehead atoms. The predicted molar refractivity (Wildman–Crippen MR) is 72.2 cm³/mol. The number of aromatic nitrogens is 3. The van der Waals surface area contributed by atoms with E-state index in [1.54, 1.807) is 10.9 Å². The summed E-state index contributed by atoms with van der Waals surface area (Å²) in [4.78, 5) is 12.5. The molecule has 98 valence electrons. The van der Waals surface area contributed by atoms with Gasteiger partial charge in [-0.2, -0.15) is 0 Å². The molecule has 4 heteroatoms. The fourth-order valence-corrected chi connectivity index (χ4v) is 2.67. The molecule has 1 aliphatic rings. The molecule has 0 aliphatic heterocycles. The van der Waals surface area contributed by atoms with Gasteiger partial charge in [0, 0.05) is 12.1 Å². The standard InChI is InChI=1S/C15H17N3O/c1-2-8-18-14(10-16-17-18)15(19)13-7-6-11-4-3-5-12(11)9-13/h6-7,9-10H,2-5,8H2,1H3. The first-order valence-corrected chi connectivity index (χ1v) is 6.84. The van der Waals surface area contributed by atoms with Gasteiger partial charge in [0.2, 0.25) is 5.78 Å². The minimum Gasteiger partial charge on any atom is -0.287 e. The SMILES string of the molecule is CCCn1nncc1C(=O)c1ccc2c(c1)CCC2. The molecule has 2 aromatic rings. The number of nitrogens with zero attached hydrogens (tertiary/aromatic N) is 3. The molecule has 0 fully saturated rings. The topological polar surface area (TPSA) is 47.8 Å². The van der Waals surface area contributed by atoms with E-state index in [0.29, 0.717) is 5.69 Å². The average Bonchev–Trinajstić information content (AvgIpc) is 3.05. The van der Waals surface area contributed by atoms with Gasteiger partial charge in [0.1, 0.15) is 5.69 Å². The summed E-state index contributed by atoms with van der Waals surface area (Å²) in [5.74, 6) is 0.0214. The maximum absolute atomic E-state index is 12.5. The second-order valence-electron chi connectivity index (χ2n) is 5.01. The zero-order chi connectivity index (χ0) is 13.2. The van der Waals surface area contributed by atoms with Crippen LogP contribution >= 0.6 is 0 Å². The van der Waals surface area contributed by atoms with Gasteiger partial charge in [-0.25, -0.2) is 4.68 Å². The predicted octanol–water partition coefficient (Wildman–Crippen LogP) is 2.41. The zero-order valence-electron chi connectivity index (χ0n) is 11.1. The van der Waals surface area contributed by atoms with E-state index in [9.17, 15) is 4.79 Å². The van der Waals surface area contributed by atoms with E-state index >= 15 is 0 Å². The van der Waals surface area contributed by atoms with Crippen LogP contribution in [0.1, 0.15) is 46.9 Å². The van der Waals surface area contributed by atoms with Crippen LogP contribution in [0.4, 0.5) is 0 Å². The Hall–Kier alpha value is -1.97. The minimum atomic E-state index is 0.0214. The molecule has 0 amide bonds. The number of aryl methyl sites for hydroxylation is 3. The zero-order valence-corrected chi connectivity index (χ0v) is 11.1. The van der Waals surface area contributed by atoms with Crippen molar-refractivity contribution in [2.75, 3.05) is 0 Å². The molecule has 19 heavy (non-hydrogen) atoms. The number of hydrogen-bond acceptors (Lipinski definition) is 3. The van der Waals surface area contributed by atoms with E-state index in [2.05, 4.69) is 23.3 Å². The number of fused-ring (bicyclic) bond motifs is 1. The Morgan fingerprint density at radius 1 is 1.32 bits per heavy atom. The monoisotopic (exact) mass is 255 g/mol. The summed E-state index contributed by atoms with van der Waals surface area (Å²) in [5.41, 5.74) is 4.04. The molecule has 0 radical (unpaired) electrons. The molecule has 3 rings (SSSR count). The van der Waals surface area contributed by atoms with Crippen LogP contribution in [0.3, 0.4) is 0 Å². The molecular weight excluding hydrogens is 238 g/mol. The molecule has 0 atom stereocenters. The number of benzene rings is 1. The lowest BCUT2D eigenvalue weighted by Gasteiger charge is -2.06. The molecule has 0 spiro atoms. The Kier molecular flexibility index (Phi) is 3.15. The largest absolute Gasteiger partial charge is 0.287 e. The quantitative estimate of drug-likeness (QED) is 0.788. The summed E-state index contributed by atoms with van der Waals surface area (Å²) < 4.78 is 1.69. The molecule has 0 saturated carbocycles. The third-order valence-corrected chi connectivity index (χ3v) is 3.65. The van der Waals surface area contributed by atoms with E-state index in [1.807, 2.05) is 12.1 Å². The average molecular weight is 255 g/mol. The lowest BCUT2D eigenvalue weighted by atomic mass is 10.0. The van der Waals surface area contributed by atoms with Crippen molar-refractivity contribution in [1.82, 2.24) is 15.0 Å². The van der Waals surface area contributed by atoms with Gasteiger partial charge in [0.05, 0.1) is 6.20 Å². The van der Waals surface area contributed by atoms with E-state index in [1.165, 1.54) is 17.5 Å². The van der Waals surface area contributed by atoms with Crippen LogP contribution in [0.25, 0.3) is 0 Å². The van der Waals surface area contributed by atoms with Crippen LogP contribution in [0.2, 0.25) is 0 Å². The second kappa shape index (κ2) is 4.96. The van der Waals surface area contributed by atoms with Crippen molar-refractivity contribution >= 4 is 5.78 Å². The maximum Gasteiger partial charge on any atom is 0.212 e. The minimum absolute atomic E-state index is 0.0214. The smallest absolute Gasteiger partial charge is 0.212 e. The van der Waals surface area contributed by atoms with Gasteiger partial charge in [0.15, 0.2) is 0 Å². The summed E-state index contributed by atoms with van der Waals surface area (Å²) in [6, 6.07) is 6.05. The van der Waals surface area contributed by atoms with Gasteiger partial charge >= 0.3 is 0 Å². The molecule has 0 saturated heterocycles.